The Hall–Kier alpha value is -2.45. The van der Waals surface area contributed by atoms with E-state index in [1.807, 2.05) is 6.92 Å². The van der Waals surface area contributed by atoms with Gasteiger partial charge in [0.1, 0.15) is 5.75 Å². The second-order valence-corrected chi connectivity index (χ2v) is 6.27. The van der Waals surface area contributed by atoms with E-state index in [4.69, 9.17) is 4.74 Å². The van der Waals surface area contributed by atoms with Crippen molar-refractivity contribution in [1.29, 1.82) is 0 Å². The van der Waals surface area contributed by atoms with Gasteiger partial charge in [-0.25, -0.2) is 0 Å². The Bertz CT molecular complexity index is 692. The Balaban J connectivity index is 2.00. The number of guanidine groups is 1. The standard InChI is InChI=1S/C18H25F3N4O2/c1-4-16(26)25-8-7-13(11-25)24-17(22-2)23-10-12-5-6-14(27-3)9-15(12)18(19,20)21/h5-6,9,13H,4,7-8,10-11H2,1-3H3,(H2,22,23,24). The van der Waals surface area contributed by atoms with Gasteiger partial charge in [-0.2, -0.15) is 13.2 Å². The topological polar surface area (TPSA) is 66.0 Å². The summed E-state index contributed by atoms with van der Waals surface area (Å²) in [5.74, 6) is 0.644. The number of carbonyl (C=O) groups excluding carboxylic acids is 1. The first-order valence-electron chi connectivity index (χ1n) is 8.77. The average molecular weight is 386 g/mol. The molecule has 1 amide bonds. The van der Waals surface area contributed by atoms with Gasteiger partial charge in [0.25, 0.3) is 0 Å². The van der Waals surface area contributed by atoms with Crippen molar-refractivity contribution in [3.8, 4) is 5.75 Å². The van der Waals surface area contributed by atoms with Gasteiger partial charge in [-0.05, 0) is 24.1 Å². The third-order valence-corrected chi connectivity index (χ3v) is 4.48. The number of alkyl halides is 3. The fourth-order valence-corrected chi connectivity index (χ4v) is 3.00. The van der Waals surface area contributed by atoms with Crippen molar-refractivity contribution in [1.82, 2.24) is 15.5 Å². The summed E-state index contributed by atoms with van der Waals surface area (Å²) in [6.07, 6.45) is -3.25. The van der Waals surface area contributed by atoms with Crippen LogP contribution < -0.4 is 15.4 Å². The molecular weight excluding hydrogens is 361 g/mol. The van der Waals surface area contributed by atoms with E-state index in [0.717, 1.165) is 12.5 Å². The van der Waals surface area contributed by atoms with Crippen LogP contribution in [0.5, 0.6) is 5.75 Å². The average Bonchev–Trinajstić information content (AvgIpc) is 3.12. The van der Waals surface area contributed by atoms with Crippen molar-refractivity contribution in [3.05, 3.63) is 29.3 Å². The zero-order valence-electron chi connectivity index (χ0n) is 15.7. The van der Waals surface area contributed by atoms with Gasteiger partial charge in [0.05, 0.1) is 12.7 Å². The van der Waals surface area contributed by atoms with Gasteiger partial charge in [0, 0.05) is 39.1 Å². The maximum Gasteiger partial charge on any atom is 0.416 e. The van der Waals surface area contributed by atoms with Crippen molar-refractivity contribution in [2.75, 3.05) is 27.2 Å². The van der Waals surface area contributed by atoms with Crippen LogP contribution in [0, 0.1) is 0 Å². The Kier molecular flexibility index (Phi) is 6.92. The number of nitrogens with zero attached hydrogens (tertiary/aromatic N) is 2. The molecule has 0 radical (unpaired) electrons. The molecule has 0 aromatic heterocycles. The van der Waals surface area contributed by atoms with Crippen molar-refractivity contribution < 1.29 is 22.7 Å². The number of methoxy groups -OCH3 is 1. The highest BCUT2D eigenvalue weighted by Crippen LogP contribution is 2.34. The largest absolute Gasteiger partial charge is 0.497 e. The maximum atomic E-state index is 13.3. The van der Waals surface area contributed by atoms with E-state index in [1.165, 1.54) is 19.2 Å². The SMILES string of the molecule is CCC(=O)N1CCC(NC(=NC)NCc2ccc(OC)cc2C(F)(F)F)C1. The third-order valence-electron chi connectivity index (χ3n) is 4.48. The van der Waals surface area contributed by atoms with Crippen LogP contribution in [0.25, 0.3) is 0 Å². The molecule has 1 unspecified atom stereocenters. The van der Waals surface area contributed by atoms with Gasteiger partial charge in [0.2, 0.25) is 5.91 Å². The van der Waals surface area contributed by atoms with E-state index < -0.39 is 11.7 Å². The fourth-order valence-electron chi connectivity index (χ4n) is 3.00. The second-order valence-electron chi connectivity index (χ2n) is 6.27. The molecule has 1 aliphatic rings. The summed E-state index contributed by atoms with van der Waals surface area (Å²) in [4.78, 5) is 17.6. The molecule has 6 nitrogen and oxygen atoms in total. The van der Waals surface area contributed by atoms with E-state index >= 15 is 0 Å². The Labute approximate surface area is 156 Å². The molecule has 0 spiro atoms. The van der Waals surface area contributed by atoms with Gasteiger partial charge in [-0.15, -0.1) is 0 Å². The van der Waals surface area contributed by atoms with E-state index in [1.54, 1.807) is 11.9 Å². The number of likely N-dealkylation sites (tertiary alicyclic amines) is 1. The first kappa shape index (κ1) is 20.9. The van der Waals surface area contributed by atoms with E-state index in [0.29, 0.717) is 25.5 Å². The summed E-state index contributed by atoms with van der Waals surface area (Å²) in [7, 11) is 2.88. The molecule has 1 saturated heterocycles. The zero-order chi connectivity index (χ0) is 20.0. The summed E-state index contributed by atoms with van der Waals surface area (Å²) in [5, 5.41) is 6.08. The molecule has 150 valence electrons. The molecule has 0 saturated carbocycles. The second kappa shape index (κ2) is 8.96. The number of nitrogens with one attached hydrogen (secondary N) is 2. The highest BCUT2D eigenvalue weighted by atomic mass is 19.4. The minimum absolute atomic E-state index is 0.0182. The predicted octanol–water partition coefficient (Wildman–Crippen LogP) is 2.39. The summed E-state index contributed by atoms with van der Waals surface area (Å²) in [5.41, 5.74) is -0.647. The van der Waals surface area contributed by atoms with Gasteiger partial charge in [0.15, 0.2) is 5.96 Å². The number of benzene rings is 1. The molecule has 0 bridgehead atoms. The summed E-state index contributed by atoms with van der Waals surface area (Å²) < 4.78 is 44.7. The molecule has 1 heterocycles. The van der Waals surface area contributed by atoms with E-state index in [-0.39, 0.29) is 29.8 Å². The van der Waals surface area contributed by atoms with Crippen LogP contribution in [0.4, 0.5) is 13.2 Å². The lowest BCUT2D eigenvalue weighted by molar-refractivity contribution is -0.138. The van der Waals surface area contributed by atoms with Crippen LogP contribution in [0.3, 0.4) is 0 Å². The van der Waals surface area contributed by atoms with Crippen LogP contribution in [-0.2, 0) is 17.5 Å². The maximum absolute atomic E-state index is 13.3. The molecule has 1 atom stereocenters. The molecule has 0 aliphatic carbocycles. The lowest BCUT2D eigenvalue weighted by Gasteiger charge is -2.20. The highest BCUT2D eigenvalue weighted by Gasteiger charge is 2.34. The fraction of sp³-hybridized carbons (Fsp3) is 0.556. The zero-order valence-corrected chi connectivity index (χ0v) is 15.7. The molecule has 1 aromatic carbocycles. The van der Waals surface area contributed by atoms with Crippen LogP contribution in [-0.4, -0.2) is 50.1 Å². The molecule has 9 heteroatoms. The number of rotatable bonds is 5. The van der Waals surface area contributed by atoms with Gasteiger partial charge < -0.3 is 20.3 Å². The Morgan fingerprint density at radius 2 is 2.15 bits per heavy atom. The van der Waals surface area contributed by atoms with E-state index in [9.17, 15) is 18.0 Å². The monoisotopic (exact) mass is 386 g/mol. The number of halogens is 3. The highest BCUT2D eigenvalue weighted by molar-refractivity contribution is 5.80. The van der Waals surface area contributed by atoms with Crippen LogP contribution in [0.1, 0.15) is 30.9 Å². The predicted molar refractivity (Wildman–Crippen MR) is 96.6 cm³/mol. The quantitative estimate of drug-likeness (QED) is 0.603. The van der Waals surface area contributed by atoms with Crippen LogP contribution in [0.15, 0.2) is 23.2 Å². The first-order chi connectivity index (χ1) is 12.8. The lowest BCUT2D eigenvalue weighted by atomic mass is 10.1. The number of hydrogen-bond acceptors (Lipinski definition) is 3. The lowest BCUT2D eigenvalue weighted by Crippen LogP contribution is -2.44. The number of amides is 1. The Morgan fingerprint density at radius 3 is 2.74 bits per heavy atom. The summed E-state index contributed by atoms with van der Waals surface area (Å²) in [6.45, 7) is 3.00. The molecule has 2 N–H and O–H groups in total. The molecular formula is C18H25F3N4O2. The van der Waals surface area contributed by atoms with Gasteiger partial charge >= 0.3 is 6.18 Å². The van der Waals surface area contributed by atoms with Crippen molar-refractivity contribution in [2.24, 2.45) is 4.99 Å². The number of carbonyl (C=O) groups is 1. The molecule has 2 rings (SSSR count). The molecule has 1 aromatic rings. The van der Waals surface area contributed by atoms with Gasteiger partial charge in [-0.1, -0.05) is 13.0 Å². The minimum atomic E-state index is -4.48. The number of hydrogen-bond donors (Lipinski definition) is 2. The van der Waals surface area contributed by atoms with E-state index in [2.05, 4.69) is 15.6 Å². The first-order valence-corrected chi connectivity index (χ1v) is 8.77. The molecule has 27 heavy (non-hydrogen) atoms. The van der Waals surface area contributed by atoms with Gasteiger partial charge in [-0.3, -0.25) is 9.79 Å². The summed E-state index contributed by atoms with van der Waals surface area (Å²) >= 11 is 0. The Morgan fingerprint density at radius 1 is 1.41 bits per heavy atom. The van der Waals surface area contributed by atoms with Crippen LogP contribution >= 0.6 is 0 Å². The third kappa shape index (κ3) is 5.51. The normalized spacial score (nSPS) is 17.8. The summed E-state index contributed by atoms with van der Waals surface area (Å²) in [6, 6.07) is 3.88. The molecule has 1 aliphatic heterocycles. The van der Waals surface area contributed by atoms with Crippen molar-refractivity contribution >= 4 is 11.9 Å². The van der Waals surface area contributed by atoms with Crippen LogP contribution in [0.2, 0.25) is 0 Å². The van der Waals surface area contributed by atoms with Crippen molar-refractivity contribution in [2.45, 2.75) is 38.5 Å². The minimum Gasteiger partial charge on any atom is -0.497 e. The van der Waals surface area contributed by atoms with Crippen molar-refractivity contribution in [3.63, 3.8) is 0 Å². The number of aliphatic imine (C=N–C) groups is 1. The molecule has 1 fully saturated rings. The number of ether oxygens (including phenoxy) is 1. The smallest absolute Gasteiger partial charge is 0.416 e.